The lowest BCUT2D eigenvalue weighted by molar-refractivity contribution is 0.0910. The molecule has 1 fully saturated rings. The number of rotatable bonds is 5. The Kier molecular flexibility index (Phi) is 5.06. The van der Waals surface area contributed by atoms with Crippen molar-refractivity contribution >= 4 is 5.91 Å². The van der Waals surface area contributed by atoms with Crippen molar-refractivity contribution < 1.29 is 9.90 Å². The lowest BCUT2D eigenvalue weighted by atomic mass is 9.77. The molecule has 3 rings (SSSR count). The molecule has 0 bridgehead atoms. The minimum absolute atomic E-state index is 0.0488. The predicted molar refractivity (Wildman–Crippen MR) is 97.8 cm³/mol. The maximum Gasteiger partial charge on any atom is 0.294 e. The first-order chi connectivity index (χ1) is 12.4. The Morgan fingerprint density at radius 2 is 2.08 bits per heavy atom. The van der Waals surface area contributed by atoms with Crippen molar-refractivity contribution in [2.75, 3.05) is 6.54 Å². The maximum absolute atomic E-state index is 12.6. The van der Waals surface area contributed by atoms with Crippen LogP contribution in [0.3, 0.4) is 0 Å². The highest BCUT2D eigenvalue weighted by molar-refractivity contribution is 5.95. The van der Waals surface area contributed by atoms with E-state index in [1.807, 2.05) is 0 Å². The number of aromatic hydroxyl groups is 1. The summed E-state index contributed by atoms with van der Waals surface area (Å²) in [7, 11) is 0. The van der Waals surface area contributed by atoms with Gasteiger partial charge >= 0.3 is 0 Å². The lowest BCUT2D eigenvalue weighted by Crippen LogP contribution is -2.38. The molecule has 2 heterocycles. The number of carbonyl (C=O) groups is 1. The average Bonchev–Trinajstić information content (AvgIpc) is 3.18. The third kappa shape index (κ3) is 3.76. The van der Waals surface area contributed by atoms with E-state index in [4.69, 9.17) is 0 Å². The first kappa shape index (κ1) is 18.1. The highest BCUT2D eigenvalue weighted by atomic mass is 16.3. The van der Waals surface area contributed by atoms with Crippen molar-refractivity contribution in [3.63, 3.8) is 0 Å². The lowest BCUT2D eigenvalue weighted by Gasteiger charge is -2.31. The van der Waals surface area contributed by atoms with Gasteiger partial charge in [-0.3, -0.25) is 14.6 Å². The van der Waals surface area contributed by atoms with E-state index in [1.165, 1.54) is 25.7 Å². The molecule has 7 heteroatoms. The van der Waals surface area contributed by atoms with E-state index in [2.05, 4.69) is 34.1 Å². The Morgan fingerprint density at radius 1 is 1.35 bits per heavy atom. The van der Waals surface area contributed by atoms with Crippen molar-refractivity contribution in [2.45, 2.75) is 39.5 Å². The molecule has 1 aliphatic carbocycles. The molecule has 0 spiro atoms. The van der Waals surface area contributed by atoms with E-state index in [-0.39, 0.29) is 16.9 Å². The number of amides is 1. The number of pyridine rings is 1. The fourth-order valence-electron chi connectivity index (χ4n) is 3.49. The summed E-state index contributed by atoms with van der Waals surface area (Å²) >= 11 is 0. The van der Waals surface area contributed by atoms with Crippen molar-refractivity contribution in [2.24, 2.45) is 11.3 Å². The highest BCUT2D eigenvalue weighted by Crippen LogP contribution is 2.39. The van der Waals surface area contributed by atoms with Crippen molar-refractivity contribution in [1.29, 1.82) is 0 Å². The van der Waals surface area contributed by atoms with E-state index in [0.717, 1.165) is 0 Å². The number of hydrogen-bond acceptors (Lipinski definition) is 5. The van der Waals surface area contributed by atoms with Gasteiger partial charge in [-0.05, 0) is 36.3 Å². The van der Waals surface area contributed by atoms with Gasteiger partial charge in [-0.2, -0.15) is 0 Å². The molecule has 7 nitrogen and oxygen atoms in total. The monoisotopic (exact) mass is 356 g/mol. The van der Waals surface area contributed by atoms with Crippen LogP contribution in [-0.4, -0.2) is 32.5 Å². The predicted octanol–water partition coefficient (Wildman–Crippen LogP) is 2.48. The smallest absolute Gasteiger partial charge is 0.294 e. The summed E-state index contributed by atoms with van der Waals surface area (Å²) in [6, 6.07) is 5.15. The van der Waals surface area contributed by atoms with Gasteiger partial charge in [0.1, 0.15) is 5.69 Å². The minimum Gasteiger partial charge on any atom is -0.501 e. The summed E-state index contributed by atoms with van der Waals surface area (Å²) in [6.07, 6.45) is 6.35. The number of H-pyrrole nitrogens is 1. The number of aromatic amines is 1. The molecule has 0 radical (unpaired) electrons. The zero-order valence-electron chi connectivity index (χ0n) is 15.1. The number of aromatic nitrogens is 3. The van der Waals surface area contributed by atoms with Crippen LogP contribution in [0.15, 0.2) is 29.2 Å². The molecule has 3 N–H and O–H groups in total. The fraction of sp³-hybridized carbons (Fsp3) is 0.474. The molecule has 2 aromatic rings. The minimum atomic E-state index is -0.763. The molecular formula is C19H24N4O3. The standard InChI is InChI=1S/C19H24N4O3/c1-19(2,12-7-3-4-8-12)11-21-17(25)14-15(24)18(26)23-16(22-14)13-9-5-6-10-20-13/h5-6,9-10,12,24H,3-4,7-8,11H2,1-2H3,(H,21,25)(H,22,23,26). The second kappa shape index (κ2) is 7.27. The molecule has 138 valence electrons. The van der Waals surface area contributed by atoms with Crippen molar-refractivity contribution in [3.8, 4) is 17.3 Å². The number of hydrogen-bond donors (Lipinski definition) is 3. The number of nitrogens with one attached hydrogen (secondary N) is 2. The molecule has 1 aliphatic rings. The first-order valence-corrected chi connectivity index (χ1v) is 8.91. The second-order valence-electron chi connectivity index (χ2n) is 7.48. The molecular weight excluding hydrogens is 332 g/mol. The molecule has 0 aliphatic heterocycles. The van der Waals surface area contributed by atoms with Crippen LogP contribution in [-0.2, 0) is 0 Å². The number of nitrogens with zero attached hydrogens (tertiary/aromatic N) is 2. The summed E-state index contributed by atoms with van der Waals surface area (Å²) in [5, 5.41) is 12.8. The van der Waals surface area contributed by atoms with E-state index < -0.39 is 17.2 Å². The molecule has 0 atom stereocenters. The molecule has 1 saturated carbocycles. The molecule has 0 saturated heterocycles. The Bertz CT molecular complexity index is 840. The Balaban J connectivity index is 1.80. The number of carbonyl (C=O) groups excluding carboxylic acids is 1. The molecule has 26 heavy (non-hydrogen) atoms. The summed E-state index contributed by atoms with van der Waals surface area (Å²) < 4.78 is 0. The summed E-state index contributed by atoms with van der Waals surface area (Å²) in [4.78, 5) is 35.2. The van der Waals surface area contributed by atoms with E-state index >= 15 is 0 Å². The van der Waals surface area contributed by atoms with Gasteiger partial charge in [0.05, 0.1) is 0 Å². The quantitative estimate of drug-likeness (QED) is 0.763. The van der Waals surface area contributed by atoms with E-state index in [0.29, 0.717) is 18.2 Å². The zero-order valence-corrected chi connectivity index (χ0v) is 15.1. The Labute approximate surface area is 151 Å². The normalized spacial score (nSPS) is 15.2. The van der Waals surface area contributed by atoms with Crippen LogP contribution in [0.25, 0.3) is 11.5 Å². The SMILES string of the molecule is CC(C)(CNC(=O)c1nc(-c2ccccn2)[nH]c(=O)c1O)C1CCCC1. The van der Waals surface area contributed by atoms with Crippen LogP contribution < -0.4 is 10.9 Å². The fourth-order valence-corrected chi connectivity index (χ4v) is 3.49. The molecule has 0 aromatic carbocycles. The highest BCUT2D eigenvalue weighted by Gasteiger charge is 2.32. The van der Waals surface area contributed by atoms with Gasteiger partial charge < -0.3 is 15.4 Å². The second-order valence-corrected chi connectivity index (χ2v) is 7.48. The first-order valence-electron chi connectivity index (χ1n) is 8.91. The molecule has 2 aromatic heterocycles. The van der Waals surface area contributed by atoms with Gasteiger partial charge in [-0.15, -0.1) is 0 Å². The van der Waals surface area contributed by atoms with Gasteiger partial charge in [0.2, 0.25) is 5.75 Å². The molecule has 0 unspecified atom stereocenters. The topological polar surface area (TPSA) is 108 Å². The van der Waals surface area contributed by atoms with Crippen molar-refractivity contribution in [1.82, 2.24) is 20.3 Å². The van der Waals surface area contributed by atoms with E-state index in [1.54, 1.807) is 24.4 Å². The largest absolute Gasteiger partial charge is 0.501 e. The third-order valence-electron chi connectivity index (χ3n) is 5.18. The molecule has 1 amide bonds. The van der Waals surface area contributed by atoms with Crippen molar-refractivity contribution in [3.05, 3.63) is 40.4 Å². The van der Waals surface area contributed by atoms with Crippen LogP contribution in [0.2, 0.25) is 0 Å². The van der Waals surface area contributed by atoms with Gasteiger partial charge in [0, 0.05) is 12.7 Å². The van der Waals surface area contributed by atoms with E-state index in [9.17, 15) is 14.7 Å². The van der Waals surface area contributed by atoms with Gasteiger partial charge in [-0.1, -0.05) is 32.8 Å². The summed E-state index contributed by atoms with van der Waals surface area (Å²) in [5.74, 6) is -0.529. The van der Waals surface area contributed by atoms with Gasteiger partial charge in [0.25, 0.3) is 11.5 Å². The third-order valence-corrected chi connectivity index (χ3v) is 5.18. The maximum atomic E-state index is 12.6. The summed E-state index contributed by atoms with van der Waals surface area (Å²) in [6.45, 7) is 4.73. The summed E-state index contributed by atoms with van der Waals surface area (Å²) in [5.41, 5.74) is -0.672. The van der Waals surface area contributed by atoms with Crippen LogP contribution in [0, 0.1) is 11.3 Å². The Hall–Kier alpha value is -2.70. The average molecular weight is 356 g/mol. The van der Waals surface area contributed by atoms with Crippen LogP contribution in [0.1, 0.15) is 50.0 Å². The van der Waals surface area contributed by atoms with Gasteiger partial charge in [0.15, 0.2) is 11.5 Å². The van der Waals surface area contributed by atoms with Crippen LogP contribution >= 0.6 is 0 Å². The Morgan fingerprint density at radius 3 is 2.73 bits per heavy atom. The van der Waals surface area contributed by atoms with Crippen LogP contribution in [0.5, 0.6) is 5.75 Å². The zero-order chi connectivity index (χ0) is 18.7. The van der Waals surface area contributed by atoms with Crippen LogP contribution in [0.4, 0.5) is 0 Å². The van der Waals surface area contributed by atoms with Gasteiger partial charge in [-0.25, -0.2) is 4.98 Å².